The molecule has 1 saturated heterocycles. The fraction of sp³-hybridized carbons (Fsp3) is 0.333. The van der Waals surface area contributed by atoms with Crippen LogP contribution in [0, 0.1) is 12.8 Å². The molecule has 134 valence electrons. The molecule has 1 aromatic carbocycles. The number of aromatic nitrogens is 2. The molecule has 1 unspecified atom stereocenters. The minimum absolute atomic E-state index is 0.0781. The van der Waals surface area contributed by atoms with Gasteiger partial charge in [-0.25, -0.2) is 4.98 Å². The van der Waals surface area contributed by atoms with Crippen molar-refractivity contribution in [2.45, 2.75) is 19.8 Å². The molecule has 0 bridgehead atoms. The van der Waals surface area contributed by atoms with E-state index >= 15 is 0 Å². The highest BCUT2D eigenvalue weighted by Gasteiger charge is 2.29. The number of likely N-dealkylation sites (tertiary alicyclic amines) is 1. The maximum absolute atomic E-state index is 13.1. The van der Waals surface area contributed by atoms with Crippen LogP contribution < -0.4 is 4.74 Å². The first kappa shape index (κ1) is 16.6. The van der Waals surface area contributed by atoms with Crippen LogP contribution in [0.2, 0.25) is 0 Å². The van der Waals surface area contributed by atoms with Gasteiger partial charge in [0.05, 0.1) is 12.8 Å². The molecular formula is C21H23N3O2. The summed E-state index contributed by atoms with van der Waals surface area (Å²) < 4.78 is 7.20. The molecule has 3 heterocycles. The van der Waals surface area contributed by atoms with Crippen molar-refractivity contribution < 1.29 is 9.53 Å². The van der Waals surface area contributed by atoms with Crippen molar-refractivity contribution in [2.75, 3.05) is 20.2 Å². The number of benzene rings is 1. The average molecular weight is 349 g/mol. The van der Waals surface area contributed by atoms with Crippen molar-refractivity contribution in [3.05, 3.63) is 65.6 Å². The number of nitrogens with zero attached hydrogens (tertiary/aromatic N) is 3. The fourth-order valence-corrected chi connectivity index (χ4v) is 3.84. The number of methoxy groups -OCH3 is 1. The molecule has 1 aliphatic rings. The number of hydrogen-bond donors (Lipinski definition) is 0. The Morgan fingerprint density at radius 2 is 2.15 bits per heavy atom. The van der Waals surface area contributed by atoms with Crippen LogP contribution in [-0.2, 0) is 6.42 Å². The van der Waals surface area contributed by atoms with Crippen LogP contribution in [0.3, 0.4) is 0 Å². The highest BCUT2D eigenvalue weighted by Crippen LogP contribution is 2.25. The van der Waals surface area contributed by atoms with E-state index in [1.54, 1.807) is 7.11 Å². The lowest BCUT2D eigenvalue weighted by molar-refractivity contribution is 0.0779. The number of amides is 1. The second kappa shape index (κ2) is 6.83. The van der Waals surface area contributed by atoms with Crippen molar-refractivity contribution >= 4 is 11.6 Å². The van der Waals surface area contributed by atoms with E-state index in [0.29, 0.717) is 11.6 Å². The Hall–Kier alpha value is -2.82. The second-order valence-electron chi connectivity index (χ2n) is 6.94. The number of hydrogen-bond acceptors (Lipinski definition) is 3. The Labute approximate surface area is 153 Å². The van der Waals surface area contributed by atoms with E-state index in [9.17, 15) is 4.79 Å². The van der Waals surface area contributed by atoms with E-state index in [0.717, 1.165) is 43.0 Å². The van der Waals surface area contributed by atoms with Gasteiger partial charge in [0.1, 0.15) is 17.1 Å². The minimum Gasteiger partial charge on any atom is -0.497 e. The third kappa shape index (κ3) is 3.05. The van der Waals surface area contributed by atoms with Gasteiger partial charge in [-0.15, -0.1) is 0 Å². The van der Waals surface area contributed by atoms with Gasteiger partial charge in [0.15, 0.2) is 0 Å². The molecule has 5 nitrogen and oxygen atoms in total. The highest BCUT2D eigenvalue weighted by atomic mass is 16.5. The zero-order valence-corrected chi connectivity index (χ0v) is 15.2. The molecule has 0 radical (unpaired) electrons. The van der Waals surface area contributed by atoms with E-state index in [4.69, 9.17) is 4.74 Å². The van der Waals surface area contributed by atoms with E-state index in [-0.39, 0.29) is 5.91 Å². The molecule has 2 aromatic heterocycles. The van der Waals surface area contributed by atoms with Crippen LogP contribution in [0.5, 0.6) is 5.75 Å². The molecule has 0 spiro atoms. The fourth-order valence-electron chi connectivity index (χ4n) is 3.84. The first-order chi connectivity index (χ1) is 12.7. The van der Waals surface area contributed by atoms with Gasteiger partial charge in [-0.1, -0.05) is 18.2 Å². The summed E-state index contributed by atoms with van der Waals surface area (Å²) in [6, 6.07) is 14.0. The maximum Gasteiger partial charge on any atom is 0.272 e. The van der Waals surface area contributed by atoms with E-state index in [1.165, 1.54) is 5.56 Å². The largest absolute Gasteiger partial charge is 0.497 e. The Morgan fingerprint density at radius 3 is 3.00 bits per heavy atom. The number of fused-ring (bicyclic) bond motifs is 1. The minimum atomic E-state index is 0.0781. The molecule has 0 aliphatic carbocycles. The van der Waals surface area contributed by atoms with Crippen molar-refractivity contribution in [3.63, 3.8) is 0 Å². The predicted octanol–water partition coefficient (Wildman–Crippen LogP) is 3.36. The maximum atomic E-state index is 13.1. The zero-order chi connectivity index (χ0) is 18.1. The van der Waals surface area contributed by atoms with E-state index in [2.05, 4.69) is 17.1 Å². The molecule has 4 rings (SSSR count). The van der Waals surface area contributed by atoms with Crippen molar-refractivity contribution in [1.82, 2.24) is 14.3 Å². The summed E-state index contributed by atoms with van der Waals surface area (Å²) in [5, 5.41) is 0. The second-order valence-corrected chi connectivity index (χ2v) is 6.94. The molecular weight excluding hydrogens is 326 g/mol. The quantitative estimate of drug-likeness (QED) is 0.726. The van der Waals surface area contributed by atoms with Crippen LogP contribution in [0.4, 0.5) is 0 Å². The molecule has 5 heteroatoms. The molecule has 26 heavy (non-hydrogen) atoms. The molecule has 3 aromatic rings. The summed E-state index contributed by atoms with van der Waals surface area (Å²) in [6.45, 7) is 3.49. The van der Waals surface area contributed by atoms with Gasteiger partial charge in [-0.3, -0.25) is 9.20 Å². The van der Waals surface area contributed by atoms with E-state index < -0.39 is 0 Å². The van der Waals surface area contributed by atoms with Crippen LogP contribution in [0.15, 0.2) is 48.7 Å². The summed E-state index contributed by atoms with van der Waals surface area (Å²) in [5.41, 5.74) is 3.55. The molecule has 1 fully saturated rings. The van der Waals surface area contributed by atoms with Gasteiger partial charge in [0.2, 0.25) is 0 Å². The van der Waals surface area contributed by atoms with Crippen molar-refractivity contribution in [3.8, 4) is 5.75 Å². The summed E-state index contributed by atoms with van der Waals surface area (Å²) in [6.07, 6.45) is 3.90. The number of carbonyl (C=O) groups is 1. The van der Waals surface area contributed by atoms with Gasteiger partial charge in [-0.2, -0.15) is 0 Å². The Morgan fingerprint density at radius 1 is 1.27 bits per heavy atom. The number of rotatable bonds is 4. The van der Waals surface area contributed by atoms with E-state index in [1.807, 2.05) is 52.8 Å². The molecule has 0 N–H and O–H groups in total. The van der Waals surface area contributed by atoms with Gasteiger partial charge >= 0.3 is 0 Å². The standard InChI is InChI=1S/C21H23N3O2/c1-15-20(24-10-4-3-8-19(24)22-15)21(25)23-11-9-17(14-23)12-16-6-5-7-18(13-16)26-2/h3-8,10,13,17H,9,11-12,14H2,1-2H3. The Bertz CT molecular complexity index is 947. The van der Waals surface area contributed by atoms with Gasteiger partial charge in [0, 0.05) is 19.3 Å². The van der Waals surface area contributed by atoms with Gasteiger partial charge in [0.25, 0.3) is 5.91 Å². The highest BCUT2D eigenvalue weighted by molar-refractivity contribution is 5.94. The van der Waals surface area contributed by atoms with Crippen LogP contribution in [0.1, 0.15) is 28.2 Å². The van der Waals surface area contributed by atoms with Gasteiger partial charge < -0.3 is 9.64 Å². The summed E-state index contributed by atoms with van der Waals surface area (Å²) >= 11 is 0. The zero-order valence-electron chi connectivity index (χ0n) is 15.2. The summed E-state index contributed by atoms with van der Waals surface area (Å²) in [4.78, 5) is 19.6. The van der Waals surface area contributed by atoms with Gasteiger partial charge in [-0.05, 0) is 55.5 Å². The van der Waals surface area contributed by atoms with Crippen molar-refractivity contribution in [1.29, 1.82) is 0 Å². The normalized spacial score (nSPS) is 17.0. The lowest BCUT2D eigenvalue weighted by Crippen LogP contribution is -2.30. The number of ether oxygens (including phenoxy) is 1. The van der Waals surface area contributed by atoms with Crippen LogP contribution >= 0.6 is 0 Å². The third-order valence-corrected chi connectivity index (χ3v) is 5.14. The first-order valence-corrected chi connectivity index (χ1v) is 9.01. The summed E-state index contributed by atoms with van der Waals surface area (Å²) in [7, 11) is 1.69. The molecule has 1 aliphatic heterocycles. The lowest BCUT2D eigenvalue weighted by atomic mass is 9.98. The van der Waals surface area contributed by atoms with Crippen LogP contribution in [0.25, 0.3) is 5.65 Å². The topological polar surface area (TPSA) is 46.8 Å². The van der Waals surface area contributed by atoms with Crippen LogP contribution in [-0.4, -0.2) is 40.4 Å². The number of aryl methyl sites for hydroxylation is 1. The Kier molecular flexibility index (Phi) is 4.37. The van der Waals surface area contributed by atoms with Crippen molar-refractivity contribution in [2.24, 2.45) is 5.92 Å². The molecule has 0 saturated carbocycles. The molecule has 1 atom stereocenters. The number of carbonyl (C=O) groups excluding carboxylic acids is 1. The third-order valence-electron chi connectivity index (χ3n) is 5.14. The average Bonchev–Trinajstić information content (AvgIpc) is 3.25. The predicted molar refractivity (Wildman–Crippen MR) is 101 cm³/mol. The summed E-state index contributed by atoms with van der Waals surface area (Å²) in [5.74, 6) is 1.44. The number of imidazole rings is 1. The Balaban J connectivity index is 1.49. The lowest BCUT2D eigenvalue weighted by Gasteiger charge is -2.17. The smallest absolute Gasteiger partial charge is 0.272 e. The SMILES string of the molecule is COc1cccc(CC2CCN(C(=O)c3c(C)nc4ccccn34)C2)c1. The first-order valence-electron chi connectivity index (χ1n) is 9.01. The monoisotopic (exact) mass is 349 g/mol. The molecule has 1 amide bonds. The number of pyridine rings is 1.